The summed E-state index contributed by atoms with van der Waals surface area (Å²) in [6.07, 6.45) is 5.23. The van der Waals surface area contributed by atoms with Gasteiger partial charge < -0.3 is 15.0 Å². The topological polar surface area (TPSA) is 58.6 Å². The Hall–Kier alpha value is -2.79. The maximum Gasteiger partial charge on any atom is 0.260 e. The summed E-state index contributed by atoms with van der Waals surface area (Å²) in [5.74, 6) is 0.269. The van der Waals surface area contributed by atoms with Gasteiger partial charge in [-0.25, -0.2) is 0 Å². The number of hydrogen-bond donors (Lipinski definition) is 1. The van der Waals surface area contributed by atoms with Crippen LogP contribution in [0.3, 0.4) is 0 Å². The van der Waals surface area contributed by atoms with Gasteiger partial charge in [0.2, 0.25) is 5.91 Å². The molecule has 27 heavy (non-hydrogen) atoms. The summed E-state index contributed by atoms with van der Waals surface area (Å²) in [5.41, 5.74) is 1.44. The summed E-state index contributed by atoms with van der Waals surface area (Å²) in [6.45, 7) is 1.61. The molecule has 0 aromatic heterocycles. The summed E-state index contributed by atoms with van der Waals surface area (Å²) in [6, 6.07) is 14.2. The Labute approximate surface area is 163 Å². The summed E-state index contributed by atoms with van der Waals surface area (Å²) in [7, 11) is 0. The second-order valence-corrected chi connectivity index (χ2v) is 6.72. The first-order chi connectivity index (χ1) is 13.1. The smallest absolute Gasteiger partial charge is 0.260 e. The molecular formula is C21H21ClN2O3. The third-order valence-electron chi connectivity index (χ3n) is 4.20. The standard InChI is InChI=1S/C21H21ClN2O3/c22-17-6-3-5-16(13-17)9-10-20(25)23-18-7-4-8-19(14-18)27-15-21(26)24-11-1-2-12-24/h3-10,13-14H,1-2,11-12,15H2,(H,23,25)/b10-9+. The summed E-state index contributed by atoms with van der Waals surface area (Å²) in [4.78, 5) is 25.9. The van der Waals surface area contributed by atoms with Gasteiger partial charge in [0.15, 0.2) is 6.61 Å². The Morgan fingerprint density at radius 2 is 1.89 bits per heavy atom. The lowest BCUT2D eigenvalue weighted by molar-refractivity contribution is -0.132. The Kier molecular flexibility index (Phi) is 6.49. The molecule has 0 atom stereocenters. The molecule has 6 heteroatoms. The van der Waals surface area contributed by atoms with Gasteiger partial charge in [0, 0.05) is 35.9 Å². The van der Waals surface area contributed by atoms with Gasteiger partial charge in [-0.3, -0.25) is 9.59 Å². The Bertz CT molecular complexity index is 845. The number of benzene rings is 2. The number of rotatable bonds is 6. The van der Waals surface area contributed by atoms with Gasteiger partial charge in [-0.2, -0.15) is 0 Å². The van der Waals surface area contributed by atoms with Crippen molar-refractivity contribution in [2.24, 2.45) is 0 Å². The molecule has 0 spiro atoms. The van der Waals surface area contributed by atoms with Crippen LogP contribution < -0.4 is 10.1 Å². The van der Waals surface area contributed by atoms with Crippen molar-refractivity contribution in [2.75, 3.05) is 25.0 Å². The second kappa shape index (κ2) is 9.24. The predicted octanol–water partition coefficient (Wildman–Crippen LogP) is 3.99. The van der Waals surface area contributed by atoms with Crippen molar-refractivity contribution in [1.82, 2.24) is 4.90 Å². The van der Waals surface area contributed by atoms with Crippen LogP contribution in [0.25, 0.3) is 6.08 Å². The molecule has 3 rings (SSSR count). The molecule has 1 aliphatic rings. The van der Waals surface area contributed by atoms with Crippen LogP contribution in [0.4, 0.5) is 5.69 Å². The van der Waals surface area contributed by atoms with E-state index in [9.17, 15) is 9.59 Å². The molecule has 2 aromatic carbocycles. The fourth-order valence-corrected chi connectivity index (χ4v) is 3.03. The average molecular weight is 385 g/mol. The van der Waals surface area contributed by atoms with Crippen LogP contribution in [0.15, 0.2) is 54.6 Å². The lowest BCUT2D eigenvalue weighted by atomic mass is 10.2. The van der Waals surface area contributed by atoms with Gasteiger partial charge >= 0.3 is 0 Å². The Morgan fingerprint density at radius 1 is 1.11 bits per heavy atom. The maximum atomic E-state index is 12.1. The molecule has 0 saturated carbocycles. The first-order valence-electron chi connectivity index (χ1n) is 8.85. The van der Waals surface area contributed by atoms with Gasteiger partial charge in [0.05, 0.1) is 0 Å². The van der Waals surface area contributed by atoms with E-state index >= 15 is 0 Å². The number of likely N-dealkylation sites (tertiary alicyclic amines) is 1. The lowest BCUT2D eigenvalue weighted by Crippen LogP contribution is -2.32. The van der Waals surface area contributed by atoms with Crippen molar-refractivity contribution in [2.45, 2.75) is 12.8 Å². The Morgan fingerprint density at radius 3 is 2.67 bits per heavy atom. The van der Waals surface area contributed by atoms with E-state index in [4.69, 9.17) is 16.3 Å². The van der Waals surface area contributed by atoms with E-state index in [1.165, 1.54) is 6.08 Å². The van der Waals surface area contributed by atoms with Gasteiger partial charge in [-0.15, -0.1) is 0 Å². The van der Waals surface area contributed by atoms with Gasteiger partial charge in [0.25, 0.3) is 5.91 Å². The fraction of sp³-hybridized carbons (Fsp3) is 0.238. The van der Waals surface area contributed by atoms with Crippen LogP contribution in [0.5, 0.6) is 5.75 Å². The average Bonchev–Trinajstić information content (AvgIpc) is 3.20. The molecule has 0 aliphatic carbocycles. The monoisotopic (exact) mass is 384 g/mol. The number of ether oxygens (including phenoxy) is 1. The van der Waals surface area contributed by atoms with Gasteiger partial charge in [-0.1, -0.05) is 29.8 Å². The van der Waals surface area contributed by atoms with Crippen molar-refractivity contribution < 1.29 is 14.3 Å². The van der Waals surface area contributed by atoms with Gasteiger partial charge in [-0.05, 0) is 48.7 Å². The van der Waals surface area contributed by atoms with Crippen molar-refractivity contribution in [3.05, 3.63) is 65.2 Å². The number of nitrogens with one attached hydrogen (secondary N) is 1. The predicted molar refractivity (Wildman–Crippen MR) is 107 cm³/mol. The van der Waals surface area contributed by atoms with Crippen LogP contribution in [0, 0.1) is 0 Å². The van der Waals surface area contributed by atoms with Gasteiger partial charge in [0.1, 0.15) is 5.75 Å². The number of amides is 2. The highest BCUT2D eigenvalue weighted by molar-refractivity contribution is 6.30. The van der Waals surface area contributed by atoms with Crippen molar-refractivity contribution in [3.8, 4) is 5.75 Å². The van der Waals surface area contributed by atoms with E-state index in [-0.39, 0.29) is 18.4 Å². The number of nitrogens with zero attached hydrogens (tertiary/aromatic N) is 1. The molecule has 1 heterocycles. The SMILES string of the molecule is O=C(/C=C/c1cccc(Cl)c1)Nc1cccc(OCC(=O)N2CCCC2)c1. The van der Waals surface area contributed by atoms with Crippen molar-refractivity contribution in [3.63, 3.8) is 0 Å². The molecule has 0 bridgehead atoms. The number of carbonyl (C=O) groups is 2. The first-order valence-corrected chi connectivity index (χ1v) is 9.23. The maximum absolute atomic E-state index is 12.1. The number of carbonyl (C=O) groups excluding carboxylic acids is 2. The van der Waals surface area contributed by atoms with E-state index < -0.39 is 0 Å². The minimum Gasteiger partial charge on any atom is -0.484 e. The zero-order valence-corrected chi connectivity index (χ0v) is 15.6. The normalized spacial score (nSPS) is 13.7. The van der Waals surface area contributed by atoms with Crippen LogP contribution in [0.2, 0.25) is 5.02 Å². The molecule has 5 nitrogen and oxygen atoms in total. The third kappa shape index (κ3) is 5.86. The molecule has 2 aromatic rings. The fourth-order valence-electron chi connectivity index (χ4n) is 2.83. The minimum atomic E-state index is -0.264. The number of halogens is 1. The van der Waals surface area contributed by atoms with Crippen LogP contribution in [-0.4, -0.2) is 36.4 Å². The van der Waals surface area contributed by atoms with Crippen molar-refractivity contribution in [1.29, 1.82) is 0 Å². The highest BCUT2D eigenvalue weighted by Crippen LogP contribution is 2.18. The number of anilines is 1. The van der Waals surface area contributed by atoms with Crippen LogP contribution in [-0.2, 0) is 9.59 Å². The molecule has 0 radical (unpaired) electrons. The summed E-state index contributed by atoms with van der Waals surface area (Å²) < 4.78 is 5.57. The summed E-state index contributed by atoms with van der Waals surface area (Å²) in [5, 5.41) is 3.39. The summed E-state index contributed by atoms with van der Waals surface area (Å²) >= 11 is 5.93. The van der Waals surface area contributed by atoms with E-state index in [1.807, 2.05) is 17.0 Å². The molecule has 2 amide bonds. The second-order valence-electron chi connectivity index (χ2n) is 6.28. The third-order valence-corrected chi connectivity index (χ3v) is 4.43. The highest BCUT2D eigenvalue weighted by Gasteiger charge is 2.18. The molecule has 1 fully saturated rings. The molecule has 1 N–H and O–H groups in total. The lowest BCUT2D eigenvalue weighted by Gasteiger charge is -2.15. The molecule has 1 saturated heterocycles. The molecular weight excluding hydrogens is 364 g/mol. The van der Waals surface area contributed by atoms with E-state index in [0.29, 0.717) is 16.5 Å². The largest absolute Gasteiger partial charge is 0.484 e. The molecule has 0 unspecified atom stereocenters. The van der Waals surface area contributed by atoms with Crippen LogP contribution >= 0.6 is 11.6 Å². The molecule has 1 aliphatic heterocycles. The zero-order valence-electron chi connectivity index (χ0n) is 14.9. The van der Waals surface area contributed by atoms with E-state index in [2.05, 4.69) is 5.32 Å². The molecule has 140 valence electrons. The van der Waals surface area contributed by atoms with E-state index in [0.717, 1.165) is 31.5 Å². The quantitative estimate of drug-likeness (QED) is 0.766. The van der Waals surface area contributed by atoms with Crippen LogP contribution in [0.1, 0.15) is 18.4 Å². The highest BCUT2D eigenvalue weighted by atomic mass is 35.5. The zero-order chi connectivity index (χ0) is 19.1. The Balaban J connectivity index is 1.53. The number of hydrogen-bond acceptors (Lipinski definition) is 3. The van der Waals surface area contributed by atoms with E-state index in [1.54, 1.807) is 42.5 Å². The van der Waals surface area contributed by atoms with Crippen molar-refractivity contribution >= 4 is 35.2 Å². The minimum absolute atomic E-state index is 0.00602. The first kappa shape index (κ1) is 19.0.